The van der Waals surface area contributed by atoms with Crippen LogP contribution in [0.4, 0.5) is 0 Å². The Bertz CT molecular complexity index is 3110. The van der Waals surface area contributed by atoms with Gasteiger partial charge in [0.25, 0.3) is 0 Å². The third-order valence-electron chi connectivity index (χ3n) is 11.8. The quantitative estimate of drug-likeness (QED) is 0.114. The Morgan fingerprint density at radius 1 is 0.298 bits per heavy atom. The van der Waals surface area contributed by atoms with Crippen LogP contribution in [0.25, 0.3) is 66.1 Å². The Balaban J connectivity index is 1.37. The summed E-state index contributed by atoms with van der Waals surface area (Å²) in [7, 11) is -2.97. The largest absolute Gasteiger partial charge is 0.307 e. The van der Waals surface area contributed by atoms with Gasteiger partial charge in [0.15, 0.2) is 8.07 Å². The van der Waals surface area contributed by atoms with E-state index in [9.17, 15) is 0 Å². The molecule has 0 aliphatic rings. The molecule has 0 saturated carbocycles. The van der Waals surface area contributed by atoms with Crippen molar-refractivity contribution in [2.24, 2.45) is 0 Å². The molecule has 0 bridgehead atoms. The van der Waals surface area contributed by atoms with Crippen LogP contribution in [0.2, 0.25) is 0 Å². The molecule has 0 atom stereocenters. The van der Waals surface area contributed by atoms with Crippen molar-refractivity contribution in [3.8, 4) is 22.5 Å². The molecule has 0 unspecified atom stereocenters. The SMILES string of the molecule is c1ccc(-c2ccc3c(c2)c2cccc([Si](c4ccccc4)(c4ccccc4)c4ccccc4)c2n3-c2cccc3c4ccccc4n(-c4ccccc4)c23)cc1. The van der Waals surface area contributed by atoms with Crippen LogP contribution in [0.5, 0.6) is 0 Å². The number of hydrogen-bond acceptors (Lipinski definition) is 0. The molecule has 11 aromatic rings. The van der Waals surface area contributed by atoms with Crippen molar-refractivity contribution < 1.29 is 0 Å². The highest BCUT2D eigenvalue weighted by atomic mass is 28.3. The Labute approximate surface area is 333 Å². The maximum absolute atomic E-state index is 2.97. The van der Waals surface area contributed by atoms with Gasteiger partial charge < -0.3 is 9.13 Å². The van der Waals surface area contributed by atoms with Crippen LogP contribution in [0.3, 0.4) is 0 Å². The summed E-state index contributed by atoms with van der Waals surface area (Å²) in [6, 6.07) is 85.3. The zero-order chi connectivity index (χ0) is 37.8. The molecule has 0 aliphatic carbocycles. The zero-order valence-electron chi connectivity index (χ0n) is 31.3. The van der Waals surface area contributed by atoms with Gasteiger partial charge in [0.2, 0.25) is 0 Å². The fourth-order valence-corrected chi connectivity index (χ4v) is 14.4. The average molecular weight is 743 g/mol. The van der Waals surface area contributed by atoms with Crippen LogP contribution >= 0.6 is 0 Å². The van der Waals surface area contributed by atoms with E-state index in [1.807, 2.05) is 0 Å². The third kappa shape index (κ3) is 5.10. The highest BCUT2D eigenvalue weighted by Crippen LogP contribution is 2.40. The normalized spacial score (nSPS) is 11.9. The van der Waals surface area contributed by atoms with E-state index in [0.717, 1.165) is 11.4 Å². The second kappa shape index (κ2) is 13.5. The first-order chi connectivity index (χ1) is 28.3. The maximum Gasteiger partial charge on any atom is 0.181 e. The molecule has 0 N–H and O–H groups in total. The van der Waals surface area contributed by atoms with Crippen molar-refractivity contribution in [1.82, 2.24) is 9.13 Å². The molecule has 9 aromatic carbocycles. The number of fused-ring (bicyclic) bond motifs is 6. The predicted octanol–water partition coefficient (Wildman–Crippen LogP) is 10.9. The van der Waals surface area contributed by atoms with E-state index in [4.69, 9.17) is 0 Å². The van der Waals surface area contributed by atoms with Crippen molar-refractivity contribution >= 4 is 72.4 Å². The summed E-state index contributed by atoms with van der Waals surface area (Å²) < 4.78 is 5.07. The molecule has 11 rings (SSSR count). The van der Waals surface area contributed by atoms with E-state index in [1.165, 1.54) is 75.5 Å². The van der Waals surface area contributed by atoms with Crippen molar-refractivity contribution in [3.63, 3.8) is 0 Å². The van der Waals surface area contributed by atoms with Crippen molar-refractivity contribution in [1.29, 1.82) is 0 Å². The molecule has 0 amide bonds. The fraction of sp³-hybridized carbons (Fsp3) is 0. The first-order valence-electron chi connectivity index (χ1n) is 19.7. The Kier molecular flexibility index (Phi) is 7.87. The molecule has 57 heavy (non-hydrogen) atoms. The summed E-state index contributed by atoms with van der Waals surface area (Å²) in [5.41, 5.74) is 9.54. The summed E-state index contributed by atoms with van der Waals surface area (Å²) in [4.78, 5) is 0. The van der Waals surface area contributed by atoms with Gasteiger partial charge in [-0.05, 0) is 68.3 Å². The number of para-hydroxylation sites is 4. The van der Waals surface area contributed by atoms with Crippen LogP contribution in [-0.4, -0.2) is 17.2 Å². The van der Waals surface area contributed by atoms with Crippen LogP contribution in [0.1, 0.15) is 0 Å². The topological polar surface area (TPSA) is 9.86 Å². The molecule has 0 radical (unpaired) electrons. The minimum Gasteiger partial charge on any atom is -0.307 e. The molecule has 2 heterocycles. The number of rotatable bonds is 7. The molecule has 0 aliphatic heterocycles. The molecule has 3 heteroatoms. The van der Waals surface area contributed by atoms with Crippen molar-refractivity contribution in [3.05, 3.63) is 231 Å². The van der Waals surface area contributed by atoms with Gasteiger partial charge in [0.05, 0.1) is 27.8 Å². The van der Waals surface area contributed by atoms with Crippen LogP contribution in [0.15, 0.2) is 231 Å². The lowest BCUT2D eigenvalue weighted by molar-refractivity contribution is 1.13. The minimum atomic E-state index is -2.97. The van der Waals surface area contributed by atoms with Gasteiger partial charge in [-0.3, -0.25) is 0 Å². The highest BCUT2D eigenvalue weighted by molar-refractivity contribution is 7.20. The lowest BCUT2D eigenvalue weighted by atomic mass is 10.0. The van der Waals surface area contributed by atoms with Gasteiger partial charge in [0.1, 0.15) is 0 Å². The molecule has 0 spiro atoms. The van der Waals surface area contributed by atoms with Crippen molar-refractivity contribution in [2.75, 3.05) is 0 Å². The van der Waals surface area contributed by atoms with Gasteiger partial charge in [-0.25, -0.2) is 0 Å². The zero-order valence-corrected chi connectivity index (χ0v) is 32.3. The Morgan fingerprint density at radius 3 is 1.42 bits per heavy atom. The van der Waals surface area contributed by atoms with Gasteiger partial charge in [-0.15, -0.1) is 0 Å². The predicted molar refractivity (Wildman–Crippen MR) is 244 cm³/mol. The van der Waals surface area contributed by atoms with Crippen LogP contribution in [0, 0.1) is 0 Å². The van der Waals surface area contributed by atoms with Gasteiger partial charge >= 0.3 is 0 Å². The molecule has 2 aromatic heterocycles. The van der Waals surface area contributed by atoms with E-state index in [-0.39, 0.29) is 0 Å². The summed E-state index contributed by atoms with van der Waals surface area (Å²) >= 11 is 0. The number of aromatic nitrogens is 2. The van der Waals surface area contributed by atoms with Gasteiger partial charge in [-0.2, -0.15) is 0 Å². The molecule has 0 fully saturated rings. The number of benzene rings is 9. The first-order valence-corrected chi connectivity index (χ1v) is 21.7. The van der Waals surface area contributed by atoms with E-state index in [1.54, 1.807) is 0 Å². The minimum absolute atomic E-state index is 1.14. The third-order valence-corrected chi connectivity index (χ3v) is 16.7. The average Bonchev–Trinajstić information content (AvgIpc) is 3.82. The molecule has 268 valence electrons. The number of nitrogens with zero attached hydrogens (tertiary/aromatic N) is 2. The number of hydrogen-bond donors (Lipinski definition) is 0. The van der Waals surface area contributed by atoms with Crippen LogP contribution in [-0.2, 0) is 0 Å². The van der Waals surface area contributed by atoms with E-state index >= 15 is 0 Å². The standard InChI is InChI=1S/C54H38N2Si/c1-6-20-39(21-7-1)40-36-37-50-48(38-40)47-32-19-35-52(57(42-24-10-3-11-25-42,43-26-12-4-13-27-43)44-28-14-5-15-29-44)54(47)56(50)51-34-18-31-46-45-30-16-17-33-49(45)55(53(46)51)41-22-8-2-9-23-41/h1-38H. The van der Waals surface area contributed by atoms with E-state index in [0.29, 0.717) is 0 Å². The summed E-state index contributed by atoms with van der Waals surface area (Å²) in [6.07, 6.45) is 0. The highest BCUT2D eigenvalue weighted by Gasteiger charge is 2.43. The first kappa shape index (κ1) is 33.2. The van der Waals surface area contributed by atoms with Gasteiger partial charge in [-0.1, -0.05) is 194 Å². The Morgan fingerprint density at radius 2 is 0.789 bits per heavy atom. The monoisotopic (exact) mass is 742 g/mol. The smallest absolute Gasteiger partial charge is 0.181 e. The summed E-state index contributed by atoms with van der Waals surface area (Å²) in [5.74, 6) is 0. The van der Waals surface area contributed by atoms with E-state index < -0.39 is 8.07 Å². The maximum atomic E-state index is 2.60. The summed E-state index contributed by atoms with van der Waals surface area (Å²) in [6.45, 7) is 0. The Hall–Kier alpha value is -7.20. The van der Waals surface area contributed by atoms with Crippen LogP contribution < -0.4 is 20.7 Å². The molecular formula is C54H38N2Si. The van der Waals surface area contributed by atoms with Crippen molar-refractivity contribution in [2.45, 2.75) is 0 Å². The lowest BCUT2D eigenvalue weighted by Crippen LogP contribution is -2.75. The lowest BCUT2D eigenvalue weighted by Gasteiger charge is -2.35. The summed E-state index contributed by atoms with van der Waals surface area (Å²) in [5, 5.41) is 10.4. The van der Waals surface area contributed by atoms with Gasteiger partial charge in [0, 0.05) is 27.2 Å². The second-order valence-electron chi connectivity index (χ2n) is 14.8. The fourth-order valence-electron chi connectivity index (χ4n) is 9.49. The molecule has 0 saturated heterocycles. The van der Waals surface area contributed by atoms with E-state index in [2.05, 4.69) is 240 Å². The second-order valence-corrected chi connectivity index (χ2v) is 18.6. The molecule has 2 nitrogen and oxygen atoms in total. The molecular weight excluding hydrogens is 705 g/mol.